The molecule has 170 valence electrons. The molecule has 0 saturated heterocycles. The van der Waals surface area contributed by atoms with Crippen molar-refractivity contribution < 1.29 is 14.3 Å². The molecule has 1 aromatic heterocycles. The number of carbonyl (C=O) groups is 2. The number of hydrogen-bond donors (Lipinski definition) is 4. The van der Waals surface area contributed by atoms with E-state index in [9.17, 15) is 19.2 Å². The van der Waals surface area contributed by atoms with Crippen molar-refractivity contribution in [2.75, 3.05) is 44.8 Å². The zero-order valence-electron chi connectivity index (χ0n) is 18.1. The Kier molecular flexibility index (Phi) is 9.76. The van der Waals surface area contributed by atoms with Crippen molar-refractivity contribution in [2.24, 2.45) is 0 Å². The maximum atomic E-state index is 12.0. The predicted molar refractivity (Wildman–Crippen MR) is 119 cm³/mol. The van der Waals surface area contributed by atoms with Gasteiger partial charge in [0.1, 0.15) is 13.2 Å². The molecular weight excluding hydrogens is 402 g/mol. The number of unbranched alkanes of at least 4 members (excludes halogenated alkanes) is 3. The van der Waals surface area contributed by atoms with E-state index in [1.165, 1.54) is 7.05 Å². The second-order valence-corrected chi connectivity index (χ2v) is 7.15. The molecule has 10 heteroatoms. The van der Waals surface area contributed by atoms with Crippen LogP contribution in [0.5, 0.6) is 0 Å². The normalized spacial score (nSPS) is 10.8. The van der Waals surface area contributed by atoms with E-state index in [4.69, 9.17) is 4.74 Å². The summed E-state index contributed by atoms with van der Waals surface area (Å²) in [6.45, 7) is 4.00. The topological polar surface area (TPSA) is 136 Å². The van der Waals surface area contributed by atoms with Gasteiger partial charge in [0.2, 0.25) is 11.8 Å². The molecule has 1 heterocycles. The summed E-state index contributed by atoms with van der Waals surface area (Å²) < 4.78 is 4.99. The number of fused-ring (bicyclic) bond motifs is 1. The fraction of sp³-hybridized carbons (Fsp3) is 0.524. The monoisotopic (exact) mass is 433 g/mol. The van der Waals surface area contributed by atoms with Crippen molar-refractivity contribution in [2.45, 2.75) is 32.6 Å². The molecule has 0 bridgehead atoms. The van der Waals surface area contributed by atoms with E-state index in [2.05, 4.69) is 25.7 Å². The van der Waals surface area contributed by atoms with Gasteiger partial charge in [0, 0.05) is 32.4 Å². The molecule has 0 aliphatic carbocycles. The van der Waals surface area contributed by atoms with Crippen LogP contribution in [0.1, 0.15) is 32.6 Å². The molecule has 0 aliphatic rings. The Labute approximate surface area is 180 Å². The summed E-state index contributed by atoms with van der Waals surface area (Å²) in [5.74, 6) is -0.496. The maximum Gasteiger partial charge on any atom is 0.270 e. The lowest BCUT2D eigenvalue weighted by Gasteiger charge is -2.23. The molecule has 0 atom stereocenters. The fourth-order valence-electron chi connectivity index (χ4n) is 3.20. The zero-order valence-corrected chi connectivity index (χ0v) is 18.1. The quantitative estimate of drug-likeness (QED) is 0.339. The van der Waals surface area contributed by atoms with Crippen molar-refractivity contribution in [3.63, 3.8) is 0 Å². The number of H-pyrrole nitrogens is 2. The molecule has 31 heavy (non-hydrogen) atoms. The van der Waals surface area contributed by atoms with Crippen LogP contribution in [0.25, 0.3) is 10.8 Å². The summed E-state index contributed by atoms with van der Waals surface area (Å²) in [6, 6.07) is 5.30. The number of amides is 2. The Morgan fingerprint density at radius 1 is 0.968 bits per heavy atom. The van der Waals surface area contributed by atoms with Crippen LogP contribution in [0.4, 0.5) is 5.69 Å². The Morgan fingerprint density at radius 2 is 1.65 bits per heavy atom. The summed E-state index contributed by atoms with van der Waals surface area (Å²) in [5, 5.41) is 10.6. The third-order valence-corrected chi connectivity index (χ3v) is 4.95. The fourth-order valence-corrected chi connectivity index (χ4v) is 3.20. The van der Waals surface area contributed by atoms with Gasteiger partial charge in [-0.25, -0.2) is 0 Å². The lowest BCUT2D eigenvalue weighted by molar-refractivity contribution is -0.130. The van der Waals surface area contributed by atoms with Crippen LogP contribution in [0.2, 0.25) is 0 Å². The molecule has 0 spiro atoms. The molecular formula is C21H31N5O5. The zero-order chi connectivity index (χ0) is 22.6. The number of aromatic amines is 2. The van der Waals surface area contributed by atoms with Gasteiger partial charge in [0.15, 0.2) is 0 Å². The van der Waals surface area contributed by atoms with Gasteiger partial charge < -0.3 is 20.3 Å². The molecule has 4 N–H and O–H groups in total. The molecule has 2 amide bonds. The molecule has 0 fully saturated rings. The van der Waals surface area contributed by atoms with E-state index >= 15 is 0 Å². The number of nitrogens with zero attached hydrogens (tertiary/aromatic N) is 1. The van der Waals surface area contributed by atoms with E-state index < -0.39 is 0 Å². The molecule has 0 aliphatic heterocycles. The standard InChI is InChI=1S/C21H31N5O5/c1-3-26(15-8-9-16-17(12-15)21(30)25-24-20(16)29)11-7-5-4-6-10-23-19(28)14-31-13-18(27)22-2/h8-9,12H,3-7,10-11,13-14H2,1-2H3,(H,22,27)(H,23,28)(H,24,29)(H,25,30). The highest BCUT2D eigenvalue weighted by atomic mass is 16.5. The van der Waals surface area contributed by atoms with Gasteiger partial charge in [-0.05, 0) is 38.0 Å². The maximum absolute atomic E-state index is 12.0. The molecule has 0 unspecified atom stereocenters. The van der Waals surface area contributed by atoms with Crippen molar-refractivity contribution in [1.29, 1.82) is 0 Å². The molecule has 0 radical (unpaired) electrons. The minimum absolute atomic E-state index is 0.125. The van der Waals surface area contributed by atoms with Gasteiger partial charge in [-0.1, -0.05) is 12.8 Å². The van der Waals surface area contributed by atoms with Crippen molar-refractivity contribution in [3.8, 4) is 0 Å². The summed E-state index contributed by atoms with van der Waals surface area (Å²) in [7, 11) is 1.51. The Morgan fingerprint density at radius 3 is 2.35 bits per heavy atom. The van der Waals surface area contributed by atoms with Gasteiger partial charge in [0.25, 0.3) is 11.1 Å². The lowest BCUT2D eigenvalue weighted by Crippen LogP contribution is -2.31. The van der Waals surface area contributed by atoms with Crippen LogP contribution in [-0.4, -0.2) is 61.9 Å². The second-order valence-electron chi connectivity index (χ2n) is 7.15. The van der Waals surface area contributed by atoms with Crippen molar-refractivity contribution >= 4 is 28.3 Å². The lowest BCUT2D eigenvalue weighted by atomic mass is 10.1. The van der Waals surface area contributed by atoms with E-state index in [-0.39, 0.29) is 36.1 Å². The number of benzene rings is 1. The number of rotatable bonds is 13. The number of hydrogen-bond acceptors (Lipinski definition) is 6. The third kappa shape index (κ3) is 7.56. The number of ether oxygens (including phenoxy) is 1. The first-order chi connectivity index (χ1) is 15.0. The average molecular weight is 434 g/mol. The number of likely N-dealkylation sites (N-methyl/N-ethyl adjacent to an activating group) is 1. The molecule has 10 nitrogen and oxygen atoms in total. The Bertz CT molecular complexity index is 984. The van der Waals surface area contributed by atoms with E-state index in [0.717, 1.165) is 44.5 Å². The smallest absolute Gasteiger partial charge is 0.270 e. The van der Waals surface area contributed by atoms with E-state index in [0.29, 0.717) is 17.3 Å². The van der Waals surface area contributed by atoms with Crippen LogP contribution in [0.15, 0.2) is 27.8 Å². The molecule has 0 saturated carbocycles. The number of anilines is 1. The summed E-state index contributed by atoms with van der Waals surface area (Å²) >= 11 is 0. The first kappa shape index (κ1) is 24.1. The van der Waals surface area contributed by atoms with Gasteiger partial charge >= 0.3 is 0 Å². The highest BCUT2D eigenvalue weighted by Gasteiger charge is 2.09. The summed E-state index contributed by atoms with van der Waals surface area (Å²) in [6.07, 6.45) is 3.82. The largest absolute Gasteiger partial charge is 0.372 e. The van der Waals surface area contributed by atoms with Crippen LogP contribution in [-0.2, 0) is 14.3 Å². The third-order valence-electron chi connectivity index (χ3n) is 4.95. The first-order valence-corrected chi connectivity index (χ1v) is 10.5. The Hall–Kier alpha value is -3.14. The van der Waals surface area contributed by atoms with Gasteiger partial charge in [-0.15, -0.1) is 0 Å². The number of aromatic nitrogens is 2. The SMILES string of the molecule is CCN(CCCCCCNC(=O)COCC(=O)NC)c1ccc2c(=O)[nH][nH]c(=O)c2c1. The van der Waals surface area contributed by atoms with E-state index in [1.807, 2.05) is 13.0 Å². The molecule has 2 rings (SSSR count). The minimum Gasteiger partial charge on any atom is -0.372 e. The van der Waals surface area contributed by atoms with Gasteiger partial charge in [0.05, 0.1) is 10.8 Å². The average Bonchev–Trinajstić information content (AvgIpc) is 2.78. The van der Waals surface area contributed by atoms with E-state index in [1.54, 1.807) is 12.1 Å². The van der Waals surface area contributed by atoms with Crippen LogP contribution in [0.3, 0.4) is 0 Å². The first-order valence-electron chi connectivity index (χ1n) is 10.5. The van der Waals surface area contributed by atoms with Crippen molar-refractivity contribution in [1.82, 2.24) is 20.8 Å². The van der Waals surface area contributed by atoms with Gasteiger partial charge in [-0.3, -0.25) is 29.4 Å². The van der Waals surface area contributed by atoms with Crippen LogP contribution < -0.4 is 26.7 Å². The highest BCUT2D eigenvalue weighted by Crippen LogP contribution is 2.18. The second kappa shape index (κ2) is 12.5. The Balaban J connectivity index is 1.68. The number of nitrogens with one attached hydrogen (secondary N) is 4. The summed E-state index contributed by atoms with van der Waals surface area (Å²) in [5.41, 5.74) is 0.290. The van der Waals surface area contributed by atoms with Crippen LogP contribution >= 0.6 is 0 Å². The van der Waals surface area contributed by atoms with Crippen molar-refractivity contribution in [3.05, 3.63) is 38.9 Å². The predicted octanol–water partition coefficient (Wildman–Crippen LogP) is 0.482. The van der Waals surface area contributed by atoms with Gasteiger partial charge in [-0.2, -0.15) is 0 Å². The van der Waals surface area contributed by atoms with Crippen LogP contribution in [0, 0.1) is 0 Å². The summed E-state index contributed by atoms with van der Waals surface area (Å²) in [4.78, 5) is 48.6. The number of carbonyl (C=O) groups excluding carboxylic acids is 2. The minimum atomic E-state index is -0.312. The highest BCUT2D eigenvalue weighted by molar-refractivity contribution is 5.84. The molecule has 2 aromatic rings. The molecule has 1 aromatic carbocycles.